The van der Waals surface area contributed by atoms with Crippen LogP contribution >= 0.6 is 21.9 Å². The number of piperidine rings is 1. The highest BCUT2D eigenvalue weighted by Gasteiger charge is 2.31. The third kappa shape index (κ3) is 5.80. The van der Waals surface area contributed by atoms with Gasteiger partial charge in [0, 0.05) is 6.54 Å². The predicted molar refractivity (Wildman–Crippen MR) is 89.2 cm³/mol. The standard InChI is InChI=1S/C16H22ClNO3S/c17-22-21-18-12-6-4-11-15(18)16(19)20-13-7-5-10-14-8-2-1-3-9-14/h1-3,8-9,15H,4-7,10-13H2. The van der Waals surface area contributed by atoms with Gasteiger partial charge in [0.05, 0.1) is 6.61 Å². The lowest BCUT2D eigenvalue weighted by atomic mass is 10.0. The number of benzene rings is 1. The number of hydrogen-bond donors (Lipinski definition) is 0. The van der Waals surface area contributed by atoms with Gasteiger partial charge in [-0.3, -0.25) is 4.79 Å². The van der Waals surface area contributed by atoms with E-state index in [1.54, 1.807) is 5.06 Å². The van der Waals surface area contributed by atoms with Gasteiger partial charge in [-0.25, -0.2) is 4.28 Å². The van der Waals surface area contributed by atoms with Crippen LogP contribution in [0.15, 0.2) is 30.3 Å². The van der Waals surface area contributed by atoms with Crippen LogP contribution in [0.1, 0.15) is 37.7 Å². The molecule has 0 amide bonds. The summed E-state index contributed by atoms with van der Waals surface area (Å²) in [4.78, 5) is 12.1. The summed E-state index contributed by atoms with van der Waals surface area (Å²) in [5, 5.41) is 1.63. The van der Waals surface area contributed by atoms with Crippen LogP contribution in [0.3, 0.4) is 0 Å². The molecule has 1 aromatic rings. The van der Waals surface area contributed by atoms with Crippen LogP contribution < -0.4 is 0 Å². The van der Waals surface area contributed by atoms with Crippen LogP contribution in [0.25, 0.3) is 0 Å². The SMILES string of the molecule is O=C(OCCCCc1ccccc1)C1CCCCN1OSCl. The summed E-state index contributed by atoms with van der Waals surface area (Å²) in [6, 6.07) is 10.0. The van der Waals surface area contributed by atoms with E-state index >= 15 is 0 Å². The second kappa shape index (κ2) is 10.1. The average molecular weight is 344 g/mol. The van der Waals surface area contributed by atoms with Crippen LogP contribution in [0.2, 0.25) is 0 Å². The molecule has 0 spiro atoms. The smallest absolute Gasteiger partial charge is 0.325 e. The molecule has 1 fully saturated rings. The number of unbranched alkanes of at least 4 members (excludes halogenated alkanes) is 1. The Labute approximate surface area is 140 Å². The molecule has 0 bridgehead atoms. The minimum atomic E-state index is -0.325. The zero-order valence-electron chi connectivity index (χ0n) is 12.6. The van der Waals surface area contributed by atoms with Gasteiger partial charge in [0.2, 0.25) is 0 Å². The van der Waals surface area contributed by atoms with Crippen LogP contribution in [0.4, 0.5) is 0 Å². The number of carbonyl (C=O) groups excluding carboxylic acids is 1. The van der Waals surface area contributed by atoms with Crippen LogP contribution in [-0.2, 0) is 20.2 Å². The van der Waals surface area contributed by atoms with Gasteiger partial charge in [-0.15, -0.1) is 0 Å². The molecule has 1 unspecified atom stereocenters. The number of hydroxylamine groups is 2. The molecule has 1 aliphatic rings. The largest absolute Gasteiger partial charge is 0.464 e. The van der Waals surface area contributed by atoms with Gasteiger partial charge in [-0.1, -0.05) is 30.3 Å². The van der Waals surface area contributed by atoms with Gasteiger partial charge < -0.3 is 4.74 Å². The van der Waals surface area contributed by atoms with Crippen molar-refractivity contribution in [3.8, 4) is 0 Å². The fraction of sp³-hybridized carbons (Fsp3) is 0.562. The number of nitrogens with zero attached hydrogens (tertiary/aromatic N) is 1. The summed E-state index contributed by atoms with van der Waals surface area (Å²) >= 11 is 0.749. The molecule has 6 heteroatoms. The fourth-order valence-electron chi connectivity index (χ4n) is 2.61. The molecule has 22 heavy (non-hydrogen) atoms. The van der Waals surface area contributed by atoms with E-state index in [4.69, 9.17) is 19.7 Å². The van der Waals surface area contributed by atoms with Gasteiger partial charge in [-0.2, -0.15) is 5.06 Å². The quantitative estimate of drug-likeness (QED) is 0.403. The Hall–Kier alpha value is -0.750. The highest BCUT2D eigenvalue weighted by Crippen LogP contribution is 2.23. The maximum atomic E-state index is 12.1. The minimum Gasteiger partial charge on any atom is -0.464 e. The van der Waals surface area contributed by atoms with E-state index in [1.807, 2.05) is 18.2 Å². The summed E-state index contributed by atoms with van der Waals surface area (Å²) < 4.78 is 10.6. The Kier molecular flexibility index (Phi) is 8.08. The highest BCUT2D eigenvalue weighted by molar-refractivity contribution is 8.17. The summed E-state index contributed by atoms with van der Waals surface area (Å²) in [6.45, 7) is 1.18. The predicted octanol–water partition coefficient (Wildman–Crippen LogP) is 4.14. The second-order valence-electron chi connectivity index (χ2n) is 5.40. The van der Waals surface area contributed by atoms with E-state index in [9.17, 15) is 4.79 Å². The van der Waals surface area contributed by atoms with Crippen molar-refractivity contribution in [1.29, 1.82) is 0 Å². The number of rotatable bonds is 8. The molecule has 1 saturated heterocycles. The first-order chi connectivity index (χ1) is 10.8. The maximum Gasteiger partial charge on any atom is 0.325 e. The number of esters is 1. The number of aryl methyl sites for hydroxylation is 1. The lowest BCUT2D eigenvalue weighted by Gasteiger charge is -2.31. The average Bonchev–Trinajstić information content (AvgIpc) is 2.56. The van der Waals surface area contributed by atoms with E-state index in [0.29, 0.717) is 13.2 Å². The number of hydrogen-bond acceptors (Lipinski definition) is 5. The first-order valence-corrected chi connectivity index (χ1v) is 9.30. The van der Waals surface area contributed by atoms with Gasteiger partial charge in [-0.05, 0) is 54.8 Å². The number of carbonyl (C=O) groups is 1. The summed E-state index contributed by atoms with van der Waals surface area (Å²) in [5.41, 5.74) is 1.32. The summed E-state index contributed by atoms with van der Waals surface area (Å²) in [5.74, 6) is -0.204. The van der Waals surface area contributed by atoms with Crippen molar-refractivity contribution in [2.45, 2.75) is 44.6 Å². The van der Waals surface area contributed by atoms with E-state index in [2.05, 4.69) is 12.1 Å². The van der Waals surface area contributed by atoms with Gasteiger partial charge >= 0.3 is 5.97 Å². The second-order valence-corrected chi connectivity index (χ2v) is 6.05. The van der Waals surface area contributed by atoms with E-state index in [1.165, 1.54) is 5.56 Å². The van der Waals surface area contributed by atoms with Gasteiger partial charge in [0.1, 0.15) is 17.3 Å². The van der Waals surface area contributed by atoms with Crippen molar-refractivity contribution < 1.29 is 13.8 Å². The summed E-state index contributed by atoms with van der Waals surface area (Å²) in [7, 11) is 5.51. The van der Waals surface area contributed by atoms with Crippen LogP contribution in [0, 0.1) is 0 Å². The molecular formula is C16H22ClNO3S. The fourth-order valence-corrected chi connectivity index (χ4v) is 3.08. The zero-order valence-corrected chi connectivity index (χ0v) is 14.2. The van der Waals surface area contributed by atoms with Crippen molar-refractivity contribution in [1.82, 2.24) is 5.06 Å². The molecule has 1 aliphatic heterocycles. The zero-order chi connectivity index (χ0) is 15.6. The van der Waals surface area contributed by atoms with Crippen molar-refractivity contribution in [2.75, 3.05) is 13.2 Å². The van der Waals surface area contributed by atoms with Gasteiger partial charge in [0.15, 0.2) is 0 Å². The Morgan fingerprint density at radius 1 is 1.27 bits per heavy atom. The number of ether oxygens (including phenoxy) is 1. The topological polar surface area (TPSA) is 38.8 Å². The molecule has 4 nitrogen and oxygen atoms in total. The molecule has 0 N–H and O–H groups in total. The van der Waals surface area contributed by atoms with Crippen molar-refractivity contribution in [3.05, 3.63) is 35.9 Å². The molecule has 2 rings (SSSR count). The maximum absolute atomic E-state index is 12.1. The van der Waals surface area contributed by atoms with Gasteiger partial charge in [0.25, 0.3) is 0 Å². The molecule has 1 heterocycles. The first kappa shape index (κ1) is 17.6. The minimum absolute atomic E-state index is 0.204. The molecule has 0 aromatic heterocycles. The molecule has 0 radical (unpaired) electrons. The molecule has 1 atom stereocenters. The van der Waals surface area contributed by atoms with E-state index in [-0.39, 0.29) is 12.0 Å². The molecule has 0 aliphatic carbocycles. The third-order valence-corrected chi connectivity index (χ3v) is 4.21. The monoisotopic (exact) mass is 343 g/mol. The highest BCUT2D eigenvalue weighted by atomic mass is 35.7. The first-order valence-electron chi connectivity index (χ1n) is 7.74. The Morgan fingerprint density at radius 3 is 2.86 bits per heavy atom. The Bertz CT molecular complexity index is 444. The van der Waals surface area contributed by atoms with Crippen LogP contribution in [0.5, 0.6) is 0 Å². The van der Waals surface area contributed by atoms with Crippen molar-refractivity contribution in [2.24, 2.45) is 0 Å². The van der Waals surface area contributed by atoms with Crippen molar-refractivity contribution >= 4 is 27.9 Å². The molecule has 1 aromatic carbocycles. The molecular weight excluding hydrogens is 322 g/mol. The van der Waals surface area contributed by atoms with E-state index < -0.39 is 0 Å². The Balaban J connectivity index is 1.64. The molecule has 0 saturated carbocycles. The van der Waals surface area contributed by atoms with E-state index in [0.717, 1.165) is 49.8 Å². The third-order valence-electron chi connectivity index (χ3n) is 3.80. The normalized spacial score (nSPS) is 19.0. The van der Waals surface area contributed by atoms with Crippen LogP contribution in [-0.4, -0.2) is 30.2 Å². The number of halogens is 1. The lowest BCUT2D eigenvalue weighted by molar-refractivity contribution is -0.168. The molecule has 122 valence electrons. The summed E-state index contributed by atoms with van der Waals surface area (Å²) in [6.07, 6.45) is 5.69. The Morgan fingerprint density at radius 2 is 2.09 bits per heavy atom. The van der Waals surface area contributed by atoms with Crippen molar-refractivity contribution in [3.63, 3.8) is 0 Å². The lowest BCUT2D eigenvalue weighted by Crippen LogP contribution is -2.44.